The lowest BCUT2D eigenvalue weighted by atomic mass is 9.96. The number of rotatable bonds is 3. The molecule has 6 heteroatoms. The van der Waals surface area contributed by atoms with Crippen molar-refractivity contribution in [1.82, 2.24) is 15.2 Å². The van der Waals surface area contributed by atoms with E-state index < -0.39 is 0 Å². The number of nitrogens with zero attached hydrogens (tertiary/aromatic N) is 4. The number of nitrogens with one attached hydrogen (secondary N) is 1. The molecule has 4 rings (SSSR count). The molecule has 0 aliphatic carbocycles. The summed E-state index contributed by atoms with van der Waals surface area (Å²) in [5, 5.41) is 13.6. The van der Waals surface area contributed by atoms with Gasteiger partial charge in [-0.3, -0.25) is 9.78 Å². The fourth-order valence-corrected chi connectivity index (χ4v) is 4.49. The van der Waals surface area contributed by atoms with Crippen molar-refractivity contribution in [2.75, 3.05) is 38.1 Å². The van der Waals surface area contributed by atoms with Crippen LogP contribution in [0, 0.1) is 23.2 Å². The fourth-order valence-electron chi connectivity index (χ4n) is 4.49. The topological polar surface area (TPSA) is 72.3 Å². The van der Waals surface area contributed by atoms with Crippen LogP contribution in [0.15, 0.2) is 30.5 Å². The first kappa shape index (κ1) is 18.7. The van der Waals surface area contributed by atoms with Gasteiger partial charge in [-0.2, -0.15) is 5.26 Å². The lowest BCUT2D eigenvalue weighted by Gasteiger charge is -2.30. The summed E-state index contributed by atoms with van der Waals surface area (Å²) in [5.41, 5.74) is 2.38. The molecule has 28 heavy (non-hydrogen) atoms. The summed E-state index contributed by atoms with van der Waals surface area (Å²) < 4.78 is 0. The predicted molar refractivity (Wildman–Crippen MR) is 110 cm³/mol. The Balaban J connectivity index is 1.51. The number of fused-ring (bicyclic) bond motifs is 1. The minimum atomic E-state index is -0.0120. The van der Waals surface area contributed by atoms with Gasteiger partial charge in [-0.15, -0.1) is 0 Å². The molecular formula is C22H27N5O. The summed E-state index contributed by atoms with van der Waals surface area (Å²) in [7, 11) is 2.13. The van der Waals surface area contributed by atoms with E-state index in [0.717, 1.165) is 49.1 Å². The van der Waals surface area contributed by atoms with Gasteiger partial charge in [-0.05, 0) is 63.2 Å². The van der Waals surface area contributed by atoms with Gasteiger partial charge in [0.05, 0.1) is 17.0 Å². The summed E-state index contributed by atoms with van der Waals surface area (Å²) in [4.78, 5) is 21.9. The van der Waals surface area contributed by atoms with Crippen LogP contribution < -0.4 is 10.2 Å². The Bertz CT molecular complexity index is 913. The number of hydrogen-bond donors (Lipinski definition) is 1. The molecule has 0 spiro atoms. The minimum Gasteiger partial charge on any atom is -0.370 e. The third-order valence-corrected chi connectivity index (χ3v) is 6.22. The second-order valence-electron chi connectivity index (χ2n) is 8.22. The maximum atomic E-state index is 12.9. The van der Waals surface area contributed by atoms with Gasteiger partial charge >= 0.3 is 0 Å². The number of hydrogen-bond acceptors (Lipinski definition) is 5. The summed E-state index contributed by atoms with van der Waals surface area (Å²) in [6.07, 6.45) is 3.77. The van der Waals surface area contributed by atoms with Gasteiger partial charge in [0.15, 0.2) is 0 Å². The number of amides is 1. The van der Waals surface area contributed by atoms with E-state index in [9.17, 15) is 10.1 Å². The number of carbonyl (C=O) groups is 1. The van der Waals surface area contributed by atoms with Gasteiger partial charge in [0, 0.05) is 36.4 Å². The molecule has 0 unspecified atom stereocenters. The van der Waals surface area contributed by atoms with Crippen LogP contribution in [0.25, 0.3) is 10.9 Å². The summed E-state index contributed by atoms with van der Waals surface area (Å²) in [5.74, 6) is 0.455. The van der Waals surface area contributed by atoms with Crippen LogP contribution >= 0.6 is 0 Å². The highest BCUT2D eigenvalue weighted by molar-refractivity contribution is 5.95. The SMILES string of the molecule is C[C@@H]1CN(c2ccc(C#N)c3ncccc23)C[C@H]1C(=O)NC1CCN(C)CC1. The highest BCUT2D eigenvalue weighted by atomic mass is 16.2. The average Bonchev–Trinajstić information content (AvgIpc) is 3.10. The van der Waals surface area contributed by atoms with E-state index in [0.29, 0.717) is 18.2 Å². The van der Waals surface area contributed by atoms with Gasteiger partial charge in [0.1, 0.15) is 6.07 Å². The number of likely N-dealkylation sites (tertiary alicyclic amines) is 1. The van der Waals surface area contributed by atoms with E-state index in [-0.39, 0.29) is 17.7 Å². The largest absolute Gasteiger partial charge is 0.370 e. The number of piperidine rings is 1. The fraction of sp³-hybridized carbons (Fsp3) is 0.500. The van der Waals surface area contributed by atoms with Crippen molar-refractivity contribution in [3.8, 4) is 6.07 Å². The summed E-state index contributed by atoms with van der Waals surface area (Å²) >= 11 is 0. The van der Waals surface area contributed by atoms with E-state index in [4.69, 9.17) is 0 Å². The van der Waals surface area contributed by atoms with E-state index in [1.807, 2.05) is 24.3 Å². The first-order valence-electron chi connectivity index (χ1n) is 10.1. The molecule has 2 aliphatic heterocycles. The van der Waals surface area contributed by atoms with Crippen LogP contribution in [0.4, 0.5) is 5.69 Å². The molecule has 2 saturated heterocycles. The van der Waals surface area contributed by atoms with Gasteiger partial charge in [-0.1, -0.05) is 6.92 Å². The molecule has 6 nitrogen and oxygen atoms in total. The molecule has 0 bridgehead atoms. The van der Waals surface area contributed by atoms with Crippen LogP contribution in [0.3, 0.4) is 0 Å². The molecule has 1 amide bonds. The highest BCUT2D eigenvalue weighted by Gasteiger charge is 2.36. The van der Waals surface area contributed by atoms with E-state index in [1.54, 1.807) is 6.20 Å². The summed E-state index contributed by atoms with van der Waals surface area (Å²) in [6.45, 7) is 5.78. The van der Waals surface area contributed by atoms with Gasteiger partial charge in [0.2, 0.25) is 5.91 Å². The Labute approximate surface area is 166 Å². The number of carbonyl (C=O) groups excluding carboxylic acids is 1. The number of aromatic nitrogens is 1. The molecule has 146 valence electrons. The first-order valence-corrected chi connectivity index (χ1v) is 10.1. The van der Waals surface area contributed by atoms with Gasteiger partial charge in [-0.25, -0.2) is 0 Å². The number of nitriles is 1. The zero-order valence-corrected chi connectivity index (χ0v) is 16.6. The second kappa shape index (κ2) is 7.76. The van der Waals surface area contributed by atoms with Crippen LogP contribution in [0.1, 0.15) is 25.3 Å². The van der Waals surface area contributed by atoms with Crippen molar-refractivity contribution < 1.29 is 4.79 Å². The lowest BCUT2D eigenvalue weighted by molar-refractivity contribution is -0.126. The minimum absolute atomic E-state index is 0.0120. The Kier molecular flexibility index (Phi) is 5.19. The maximum absolute atomic E-state index is 12.9. The van der Waals surface area contributed by atoms with Crippen LogP contribution in [0.2, 0.25) is 0 Å². The molecule has 0 radical (unpaired) electrons. The average molecular weight is 377 g/mol. The van der Waals surface area contributed by atoms with Gasteiger partial charge in [0.25, 0.3) is 0 Å². The van der Waals surface area contributed by atoms with Crippen LogP contribution in [-0.4, -0.2) is 55.1 Å². The van der Waals surface area contributed by atoms with Crippen LogP contribution in [0.5, 0.6) is 0 Å². The molecule has 1 aromatic heterocycles. The molecule has 2 fully saturated rings. The number of pyridine rings is 1. The Morgan fingerprint density at radius 2 is 2.04 bits per heavy atom. The lowest BCUT2D eigenvalue weighted by Crippen LogP contribution is -2.46. The first-order chi connectivity index (χ1) is 13.6. The molecule has 3 heterocycles. The Morgan fingerprint density at radius 3 is 2.79 bits per heavy atom. The van der Waals surface area contributed by atoms with Gasteiger partial charge < -0.3 is 15.1 Å². The van der Waals surface area contributed by atoms with E-state index in [1.165, 1.54) is 0 Å². The Morgan fingerprint density at radius 1 is 1.25 bits per heavy atom. The predicted octanol–water partition coefficient (Wildman–Crippen LogP) is 2.39. The molecule has 1 aromatic carbocycles. The van der Waals surface area contributed by atoms with Crippen molar-refractivity contribution in [1.29, 1.82) is 5.26 Å². The molecule has 1 N–H and O–H groups in total. The zero-order chi connectivity index (χ0) is 19.7. The molecule has 0 saturated carbocycles. The molecular weight excluding hydrogens is 350 g/mol. The highest BCUT2D eigenvalue weighted by Crippen LogP contribution is 2.34. The molecule has 2 aromatic rings. The second-order valence-corrected chi connectivity index (χ2v) is 8.22. The van der Waals surface area contributed by atoms with Crippen molar-refractivity contribution in [3.05, 3.63) is 36.0 Å². The number of anilines is 1. The standard InChI is InChI=1S/C22H27N5O/c1-15-13-27(14-19(15)22(28)25-17-7-10-26(2)11-8-17)20-6-5-16(12-23)21-18(20)4-3-9-24-21/h3-6,9,15,17,19H,7-8,10-11,13-14H2,1-2H3,(H,25,28)/t15-,19-/m1/s1. The normalized spacial score (nSPS) is 23.7. The smallest absolute Gasteiger partial charge is 0.225 e. The molecule has 2 atom stereocenters. The van der Waals surface area contributed by atoms with Crippen LogP contribution in [-0.2, 0) is 4.79 Å². The molecule has 2 aliphatic rings. The summed E-state index contributed by atoms with van der Waals surface area (Å²) in [6, 6.07) is 10.3. The third-order valence-electron chi connectivity index (χ3n) is 6.22. The van der Waals surface area contributed by atoms with Crippen molar-refractivity contribution in [3.63, 3.8) is 0 Å². The van der Waals surface area contributed by atoms with Crippen molar-refractivity contribution in [2.24, 2.45) is 11.8 Å². The zero-order valence-electron chi connectivity index (χ0n) is 16.6. The van der Waals surface area contributed by atoms with Crippen molar-refractivity contribution >= 4 is 22.5 Å². The number of benzene rings is 1. The monoisotopic (exact) mass is 377 g/mol. The van der Waals surface area contributed by atoms with Crippen molar-refractivity contribution in [2.45, 2.75) is 25.8 Å². The Hall–Kier alpha value is -2.65. The quantitative estimate of drug-likeness (QED) is 0.889. The van der Waals surface area contributed by atoms with E-state index in [2.05, 4.69) is 40.1 Å². The maximum Gasteiger partial charge on any atom is 0.225 e. The van der Waals surface area contributed by atoms with E-state index >= 15 is 0 Å². The third kappa shape index (κ3) is 3.55.